The van der Waals surface area contributed by atoms with Crippen molar-refractivity contribution < 1.29 is 14.6 Å². The van der Waals surface area contributed by atoms with Gasteiger partial charge in [-0.15, -0.1) is 0 Å². The van der Waals surface area contributed by atoms with Crippen molar-refractivity contribution in [2.45, 2.75) is 49.3 Å². The van der Waals surface area contributed by atoms with E-state index in [1.54, 1.807) is 0 Å². The lowest BCUT2D eigenvalue weighted by molar-refractivity contribution is -0.135. The van der Waals surface area contributed by atoms with E-state index in [2.05, 4.69) is 6.07 Å². The van der Waals surface area contributed by atoms with Crippen molar-refractivity contribution in [3.63, 3.8) is 0 Å². The van der Waals surface area contributed by atoms with Gasteiger partial charge >= 0.3 is 0 Å². The second-order valence-corrected chi connectivity index (χ2v) is 6.98. The first-order chi connectivity index (χ1) is 10.3. The number of amides is 1. The Balaban J connectivity index is 1.77. The highest BCUT2D eigenvalue weighted by Gasteiger charge is 2.65. The van der Waals surface area contributed by atoms with Crippen molar-refractivity contribution in [3.8, 4) is 5.75 Å². The summed E-state index contributed by atoms with van der Waals surface area (Å²) in [6.45, 7) is 0.783. The summed E-state index contributed by atoms with van der Waals surface area (Å²) < 4.78 is 6.20. The summed E-state index contributed by atoms with van der Waals surface area (Å²) in [5, 5.41) is 10.5. The quantitative estimate of drug-likeness (QED) is 0.790. The first-order valence-electron chi connectivity index (χ1n) is 7.94. The molecule has 2 heterocycles. The zero-order valence-corrected chi connectivity index (χ0v) is 11.9. The van der Waals surface area contributed by atoms with E-state index in [1.165, 1.54) is 11.1 Å². The number of nitrogens with zero attached hydrogens (tertiary/aromatic N) is 1. The van der Waals surface area contributed by atoms with Gasteiger partial charge in [-0.1, -0.05) is 12.1 Å². The van der Waals surface area contributed by atoms with Crippen molar-refractivity contribution in [2.75, 3.05) is 6.54 Å². The Kier molecular flexibility index (Phi) is 2.18. The third-order valence-electron chi connectivity index (χ3n) is 6.36. The van der Waals surface area contributed by atoms with Crippen molar-refractivity contribution in [2.24, 2.45) is 5.92 Å². The van der Waals surface area contributed by atoms with Crippen molar-refractivity contribution >= 4 is 6.41 Å². The molecule has 4 aliphatic rings. The molecule has 21 heavy (non-hydrogen) atoms. The molecule has 4 heteroatoms. The monoisotopic (exact) mass is 285 g/mol. The number of carbonyl (C=O) groups excluding carboxylic acids is 1. The van der Waals surface area contributed by atoms with Gasteiger partial charge in [0, 0.05) is 23.6 Å². The van der Waals surface area contributed by atoms with E-state index in [4.69, 9.17) is 4.74 Å². The predicted octanol–water partition coefficient (Wildman–Crippen LogP) is 1.24. The lowest BCUT2D eigenvalue weighted by atomic mass is 9.51. The second-order valence-electron chi connectivity index (χ2n) is 6.98. The minimum atomic E-state index is -0.386. The third kappa shape index (κ3) is 1.24. The number of hydrogen-bond acceptors (Lipinski definition) is 3. The molecule has 1 saturated heterocycles. The molecule has 110 valence electrons. The standard InChI is InChI=1S/C17H19NO3/c19-9-18-7-6-17-11-4-5-13(20)16(17)21-14-3-1-2-10(15(14)17)8-12(11)18/h1-3,9,11-13,16,20H,4-8H2/t11-,12+,13?,16?,17-/m0/s1. The zero-order chi connectivity index (χ0) is 14.2. The Hall–Kier alpha value is -1.55. The van der Waals surface area contributed by atoms with Gasteiger partial charge < -0.3 is 14.7 Å². The molecule has 2 unspecified atom stereocenters. The van der Waals surface area contributed by atoms with Crippen LogP contribution in [-0.2, 0) is 16.6 Å². The molecule has 2 fully saturated rings. The number of benzene rings is 1. The van der Waals surface area contributed by atoms with Gasteiger partial charge in [-0.25, -0.2) is 0 Å². The number of ether oxygens (including phenoxy) is 1. The molecule has 5 atom stereocenters. The fourth-order valence-corrected chi connectivity index (χ4v) is 5.65. The largest absolute Gasteiger partial charge is 0.486 e. The molecule has 4 nitrogen and oxygen atoms in total. The number of carbonyl (C=O) groups is 1. The third-order valence-corrected chi connectivity index (χ3v) is 6.36. The summed E-state index contributed by atoms with van der Waals surface area (Å²) >= 11 is 0. The average molecular weight is 285 g/mol. The number of rotatable bonds is 1. The Labute approximate surface area is 123 Å². The number of likely N-dealkylation sites (tertiary alicyclic amines) is 1. The minimum absolute atomic E-state index is 0.0635. The Morgan fingerprint density at radius 2 is 2.29 bits per heavy atom. The van der Waals surface area contributed by atoms with E-state index in [0.717, 1.165) is 44.4 Å². The molecule has 1 spiro atoms. The van der Waals surface area contributed by atoms with E-state index in [0.29, 0.717) is 5.92 Å². The van der Waals surface area contributed by atoms with Crippen molar-refractivity contribution in [3.05, 3.63) is 29.3 Å². The molecular formula is C17H19NO3. The summed E-state index contributed by atoms with van der Waals surface area (Å²) in [5.41, 5.74) is 2.60. The molecule has 2 aliphatic heterocycles. The molecule has 0 aromatic heterocycles. The van der Waals surface area contributed by atoms with Crippen molar-refractivity contribution in [1.29, 1.82) is 0 Å². The van der Waals surface area contributed by atoms with Crippen LogP contribution in [0.25, 0.3) is 0 Å². The van der Waals surface area contributed by atoms with E-state index >= 15 is 0 Å². The fourth-order valence-electron chi connectivity index (χ4n) is 5.65. The highest BCUT2D eigenvalue weighted by atomic mass is 16.5. The number of hydrogen-bond donors (Lipinski definition) is 1. The molecule has 1 aromatic rings. The summed E-state index contributed by atoms with van der Waals surface area (Å²) in [6.07, 6.45) is 4.13. The van der Waals surface area contributed by atoms with Crippen LogP contribution in [0.2, 0.25) is 0 Å². The van der Waals surface area contributed by atoms with Gasteiger partial charge in [-0.05, 0) is 43.2 Å². The van der Waals surface area contributed by atoms with Crippen LogP contribution in [-0.4, -0.2) is 41.2 Å². The maximum atomic E-state index is 11.4. The summed E-state index contributed by atoms with van der Waals surface area (Å²) in [7, 11) is 0. The highest BCUT2D eigenvalue weighted by molar-refractivity contribution is 5.57. The van der Waals surface area contributed by atoms with E-state index < -0.39 is 0 Å². The molecule has 2 bridgehead atoms. The van der Waals surface area contributed by atoms with Crippen LogP contribution in [0.1, 0.15) is 30.4 Å². The minimum Gasteiger partial charge on any atom is -0.486 e. The van der Waals surface area contributed by atoms with Crippen LogP contribution in [0.4, 0.5) is 0 Å². The maximum Gasteiger partial charge on any atom is 0.209 e. The van der Waals surface area contributed by atoms with Crippen LogP contribution in [0, 0.1) is 5.92 Å². The van der Waals surface area contributed by atoms with Crippen LogP contribution in [0.3, 0.4) is 0 Å². The number of aliphatic hydroxyl groups is 1. The van der Waals surface area contributed by atoms with Crippen molar-refractivity contribution in [1.82, 2.24) is 4.90 Å². The van der Waals surface area contributed by atoms with E-state index in [9.17, 15) is 9.90 Å². The predicted molar refractivity (Wildman–Crippen MR) is 76.1 cm³/mol. The van der Waals surface area contributed by atoms with Crippen LogP contribution in [0.15, 0.2) is 18.2 Å². The summed E-state index contributed by atoms with van der Waals surface area (Å²) in [6, 6.07) is 6.53. The fraction of sp³-hybridized carbons (Fsp3) is 0.588. The maximum absolute atomic E-state index is 11.4. The average Bonchev–Trinajstić information content (AvgIpc) is 2.83. The lowest BCUT2D eigenvalue weighted by Gasteiger charge is -2.58. The Morgan fingerprint density at radius 3 is 3.14 bits per heavy atom. The van der Waals surface area contributed by atoms with Gasteiger partial charge in [0.05, 0.1) is 6.10 Å². The van der Waals surface area contributed by atoms with Gasteiger partial charge in [0.1, 0.15) is 11.9 Å². The normalized spacial score (nSPS) is 42.2. The van der Waals surface area contributed by atoms with E-state index in [-0.39, 0.29) is 23.7 Å². The SMILES string of the molecule is O=CN1CC[C@]23c4c5cccc4OC2C(O)CC[C@H]3[C@H]1C5. The van der Waals surface area contributed by atoms with Gasteiger partial charge in [-0.2, -0.15) is 0 Å². The van der Waals surface area contributed by atoms with Gasteiger partial charge in [0.15, 0.2) is 0 Å². The highest BCUT2D eigenvalue weighted by Crippen LogP contribution is 2.61. The smallest absolute Gasteiger partial charge is 0.209 e. The first kappa shape index (κ1) is 12.0. The van der Waals surface area contributed by atoms with Crippen LogP contribution >= 0.6 is 0 Å². The molecular weight excluding hydrogens is 266 g/mol. The topological polar surface area (TPSA) is 49.8 Å². The molecule has 1 saturated carbocycles. The van der Waals surface area contributed by atoms with Crippen LogP contribution in [0.5, 0.6) is 5.75 Å². The summed E-state index contributed by atoms with van der Waals surface area (Å²) in [5.74, 6) is 1.41. The molecule has 0 radical (unpaired) electrons. The molecule has 2 aliphatic carbocycles. The summed E-state index contributed by atoms with van der Waals surface area (Å²) in [4.78, 5) is 13.4. The second kappa shape index (κ2) is 3.80. The Bertz CT molecular complexity index is 630. The van der Waals surface area contributed by atoms with Crippen LogP contribution < -0.4 is 4.74 Å². The van der Waals surface area contributed by atoms with Gasteiger partial charge in [0.2, 0.25) is 6.41 Å². The lowest BCUT2D eigenvalue weighted by Crippen LogP contribution is -2.66. The Morgan fingerprint density at radius 1 is 1.38 bits per heavy atom. The number of aliphatic hydroxyl groups excluding tert-OH is 1. The molecule has 1 N–H and O–H groups in total. The van der Waals surface area contributed by atoms with E-state index in [1.807, 2.05) is 17.0 Å². The van der Waals surface area contributed by atoms with Gasteiger partial charge in [-0.3, -0.25) is 4.79 Å². The zero-order valence-electron chi connectivity index (χ0n) is 11.9. The molecule has 1 amide bonds. The molecule has 1 aromatic carbocycles. The first-order valence-corrected chi connectivity index (χ1v) is 7.94. The molecule has 5 rings (SSSR count). The van der Waals surface area contributed by atoms with Gasteiger partial charge in [0.25, 0.3) is 0 Å². The number of piperidine rings is 1.